The van der Waals surface area contributed by atoms with Crippen molar-refractivity contribution >= 4 is 7.28 Å². The van der Waals surface area contributed by atoms with Gasteiger partial charge >= 0.3 is 0 Å². The quantitative estimate of drug-likeness (QED) is 0.264. The maximum Gasteiger partial charge on any atom is 0.298 e. The number of terminal acetylenes is 2. The van der Waals surface area contributed by atoms with Crippen molar-refractivity contribution in [3.05, 3.63) is 0 Å². The predicted octanol–water partition coefficient (Wildman–Crippen LogP) is -0.396. The molecule has 0 aromatic carbocycles. The van der Waals surface area contributed by atoms with Crippen LogP contribution in [0.25, 0.3) is 0 Å². The van der Waals surface area contributed by atoms with E-state index in [0.717, 1.165) is 0 Å². The Morgan fingerprint density at radius 3 is 1.60 bits per heavy atom. The Morgan fingerprint density at radius 1 is 1.20 bits per heavy atom. The molecule has 0 radical (unpaired) electrons. The highest BCUT2D eigenvalue weighted by molar-refractivity contribution is 6.54. The minimum absolute atomic E-state index is 0.444. The summed E-state index contributed by atoms with van der Waals surface area (Å²) in [6.07, 6.45) is 9.49. The molecule has 0 saturated heterocycles. The van der Waals surface area contributed by atoms with Crippen molar-refractivity contribution in [2.24, 2.45) is 0 Å². The third-order valence-corrected chi connectivity index (χ3v) is 0.204. The summed E-state index contributed by atoms with van der Waals surface area (Å²) in [5.41, 5.74) is 0. The van der Waals surface area contributed by atoms with E-state index in [9.17, 15) is 0 Å². The molecule has 0 rings (SSSR count). The predicted molar refractivity (Wildman–Crippen MR) is 24.8 cm³/mol. The van der Waals surface area contributed by atoms with Gasteiger partial charge in [-0.2, -0.15) is 0 Å². The Labute approximate surface area is 32.8 Å². The SMILES string of the molecule is C#CBC#C. The lowest BCUT2D eigenvalue weighted by Gasteiger charge is -1.50. The van der Waals surface area contributed by atoms with Crippen molar-refractivity contribution in [3.63, 3.8) is 0 Å². The van der Waals surface area contributed by atoms with Crippen LogP contribution in [0, 0.1) is 24.5 Å². The second kappa shape index (κ2) is 3.18. The first kappa shape index (κ1) is 4.18. The van der Waals surface area contributed by atoms with E-state index < -0.39 is 0 Å². The van der Waals surface area contributed by atoms with Gasteiger partial charge in [0.2, 0.25) is 0 Å². The third kappa shape index (κ3) is 3.18. The molecule has 0 saturated carbocycles. The number of hydrogen-bond donors (Lipinski definition) is 0. The summed E-state index contributed by atoms with van der Waals surface area (Å²) in [7, 11) is 0.444. The second-order valence-corrected chi connectivity index (χ2v) is 0.585. The highest BCUT2D eigenvalue weighted by Crippen LogP contribution is 1.38. The van der Waals surface area contributed by atoms with Gasteiger partial charge in [-0.1, -0.05) is 0 Å². The van der Waals surface area contributed by atoms with Gasteiger partial charge in [-0.25, -0.2) is 0 Å². The molecular weight excluding hydrogens is 58.9 g/mol. The fourth-order valence-corrected chi connectivity index (χ4v) is 0.0589. The Bertz CT molecular complexity index is 68.8. The van der Waals surface area contributed by atoms with Crippen LogP contribution in [0.5, 0.6) is 0 Å². The van der Waals surface area contributed by atoms with Gasteiger partial charge in [-0.3, -0.25) is 0 Å². The first-order valence-corrected chi connectivity index (χ1v) is 1.28. The molecule has 0 aliphatic heterocycles. The fourth-order valence-electron chi connectivity index (χ4n) is 0.0589. The third-order valence-electron chi connectivity index (χ3n) is 0.204. The highest BCUT2D eigenvalue weighted by Gasteiger charge is 1.59. The van der Waals surface area contributed by atoms with Gasteiger partial charge < -0.3 is 0 Å². The maximum absolute atomic E-state index is 4.75. The average molecular weight is 61.9 g/mol. The van der Waals surface area contributed by atoms with Crippen molar-refractivity contribution < 1.29 is 0 Å². The minimum atomic E-state index is 0.444. The van der Waals surface area contributed by atoms with Gasteiger partial charge in [0.25, 0.3) is 7.28 Å². The van der Waals surface area contributed by atoms with Crippen LogP contribution in [0.2, 0.25) is 0 Å². The molecule has 0 spiro atoms. The van der Waals surface area contributed by atoms with Crippen LogP contribution in [0.15, 0.2) is 0 Å². The Hall–Kier alpha value is -0.815. The molecule has 1 heteroatoms. The average Bonchev–Trinajstić information content (AvgIpc) is 1.41. The molecule has 0 aromatic rings. The van der Waals surface area contributed by atoms with Crippen molar-refractivity contribution in [1.29, 1.82) is 0 Å². The van der Waals surface area contributed by atoms with Crippen LogP contribution < -0.4 is 0 Å². The fraction of sp³-hybridized carbons (Fsp3) is 0. The molecule has 0 aliphatic carbocycles. The first-order chi connectivity index (χ1) is 2.41. The van der Waals surface area contributed by atoms with Crippen LogP contribution in [-0.2, 0) is 0 Å². The monoisotopic (exact) mass is 62.0 g/mol. The van der Waals surface area contributed by atoms with E-state index in [1.807, 2.05) is 0 Å². The molecule has 0 nitrogen and oxygen atoms in total. The molecule has 0 fully saturated rings. The molecule has 22 valence electrons. The molecule has 5 heavy (non-hydrogen) atoms. The van der Waals surface area contributed by atoms with Crippen molar-refractivity contribution in [3.8, 4) is 24.5 Å². The Kier molecular flexibility index (Phi) is 2.67. The van der Waals surface area contributed by atoms with Gasteiger partial charge in [0, 0.05) is 0 Å². The normalized spacial score (nSPS) is 3.60. The summed E-state index contributed by atoms with van der Waals surface area (Å²) < 4.78 is 0. The summed E-state index contributed by atoms with van der Waals surface area (Å²) in [5, 5.41) is 0. The molecule has 0 N–H and O–H groups in total. The van der Waals surface area contributed by atoms with Gasteiger partial charge in [0.1, 0.15) is 0 Å². The lowest BCUT2D eigenvalue weighted by Crippen LogP contribution is -1.70. The zero-order valence-electron chi connectivity index (χ0n) is 2.86. The summed E-state index contributed by atoms with van der Waals surface area (Å²) >= 11 is 0. The second-order valence-electron chi connectivity index (χ2n) is 0.585. The molecule has 0 bridgehead atoms. The largest absolute Gasteiger partial charge is 0.298 e. The van der Waals surface area contributed by atoms with Crippen molar-refractivity contribution in [2.45, 2.75) is 0 Å². The lowest BCUT2D eigenvalue weighted by atomic mass is 9.83. The summed E-state index contributed by atoms with van der Waals surface area (Å²) in [4.78, 5) is 0. The van der Waals surface area contributed by atoms with E-state index in [1.54, 1.807) is 0 Å². The van der Waals surface area contributed by atoms with E-state index >= 15 is 0 Å². The van der Waals surface area contributed by atoms with Crippen LogP contribution in [0.1, 0.15) is 0 Å². The molecule has 0 aromatic heterocycles. The van der Waals surface area contributed by atoms with Crippen LogP contribution in [0.4, 0.5) is 0 Å². The topological polar surface area (TPSA) is 0 Å². The molecule has 0 aliphatic rings. The standard InChI is InChI=1S/C4H3B/c1-3-5-4-2/h1-2,5H. The van der Waals surface area contributed by atoms with Gasteiger partial charge in [-0.15, -0.1) is 24.5 Å². The number of hydrogen-bond acceptors (Lipinski definition) is 0. The van der Waals surface area contributed by atoms with E-state index in [4.69, 9.17) is 12.8 Å². The molecule has 0 amide bonds. The first-order valence-electron chi connectivity index (χ1n) is 1.28. The van der Waals surface area contributed by atoms with Gasteiger partial charge in [0.05, 0.1) is 0 Å². The Morgan fingerprint density at radius 2 is 1.60 bits per heavy atom. The minimum Gasteiger partial charge on any atom is -0.146 e. The van der Waals surface area contributed by atoms with Crippen LogP contribution >= 0.6 is 0 Å². The van der Waals surface area contributed by atoms with Crippen molar-refractivity contribution in [1.82, 2.24) is 0 Å². The summed E-state index contributed by atoms with van der Waals surface area (Å²) in [5.74, 6) is 4.56. The van der Waals surface area contributed by atoms with Crippen LogP contribution in [-0.4, -0.2) is 7.28 Å². The zero-order valence-corrected chi connectivity index (χ0v) is 2.86. The smallest absolute Gasteiger partial charge is 0.146 e. The molecule has 0 atom stereocenters. The zero-order chi connectivity index (χ0) is 4.12. The van der Waals surface area contributed by atoms with Crippen LogP contribution in [0.3, 0.4) is 0 Å². The maximum atomic E-state index is 4.75. The van der Waals surface area contributed by atoms with Gasteiger partial charge in [-0.05, 0) is 0 Å². The van der Waals surface area contributed by atoms with E-state index in [2.05, 4.69) is 11.6 Å². The molecule has 0 heterocycles. The van der Waals surface area contributed by atoms with Crippen molar-refractivity contribution in [2.75, 3.05) is 0 Å². The number of rotatable bonds is 0. The van der Waals surface area contributed by atoms with Gasteiger partial charge in [0.15, 0.2) is 0 Å². The highest BCUT2D eigenvalue weighted by atomic mass is 13.2. The molecule has 0 unspecified atom stereocenters. The summed E-state index contributed by atoms with van der Waals surface area (Å²) in [6, 6.07) is 0. The van der Waals surface area contributed by atoms with E-state index in [0.29, 0.717) is 7.28 Å². The lowest BCUT2D eigenvalue weighted by molar-refractivity contribution is 2.87. The summed E-state index contributed by atoms with van der Waals surface area (Å²) in [6.45, 7) is 0. The van der Waals surface area contributed by atoms with E-state index in [-0.39, 0.29) is 0 Å². The Balaban J connectivity index is 2.86. The molecular formula is C4H3B. The van der Waals surface area contributed by atoms with E-state index in [1.165, 1.54) is 0 Å².